The summed E-state index contributed by atoms with van der Waals surface area (Å²) in [6.07, 6.45) is 7.37. The molecule has 0 aromatic carbocycles. The van der Waals surface area contributed by atoms with E-state index in [0.29, 0.717) is 18.9 Å². The van der Waals surface area contributed by atoms with Crippen molar-refractivity contribution < 1.29 is 14.3 Å². The molecule has 0 bridgehead atoms. The number of piperidine rings is 1. The largest absolute Gasteiger partial charge is 0.376 e. The Bertz CT molecular complexity index is 602. The van der Waals surface area contributed by atoms with Crippen molar-refractivity contribution in [2.24, 2.45) is 0 Å². The maximum atomic E-state index is 12.7. The summed E-state index contributed by atoms with van der Waals surface area (Å²) in [7, 11) is 0. The van der Waals surface area contributed by atoms with Crippen molar-refractivity contribution in [3.8, 4) is 0 Å². The van der Waals surface area contributed by atoms with Gasteiger partial charge >= 0.3 is 0 Å². The molecule has 2 N–H and O–H groups in total. The second-order valence-electron chi connectivity index (χ2n) is 6.80. The Morgan fingerprint density at radius 1 is 1.30 bits per heavy atom. The van der Waals surface area contributed by atoms with Gasteiger partial charge in [0.25, 0.3) is 5.91 Å². The number of nitrogens with zero attached hydrogens (tertiary/aromatic N) is 1. The molecule has 3 fully saturated rings. The predicted molar refractivity (Wildman–Crippen MR) is 84.1 cm³/mol. The fraction of sp³-hybridized carbons (Fsp3) is 0.647. The van der Waals surface area contributed by atoms with Crippen LogP contribution in [0, 0.1) is 0 Å². The van der Waals surface area contributed by atoms with Gasteiger partial charge in [-0.15, -0.1) is 0 Å². The van der Waals surface area contributed by atoms with E-state index in [0.717, 1.165) is 38.0 Å². The maximum Gasteiger partial charge on any atom is 0.268 e. The first kappa shape index (κ1) is 14.8. The molecule has 6 heteroatoms. The highest BCUT2D eigenvalue weighted by molar-refractivity contribution is 5.93. The fourth-order valence-electron chi connectivity index (χ4n) is 3.72. The van der Waals surface area contributed by atoms with Gasteiger partial charge in [0, 0.05) is 25.3 Å². The zero-order valence-corrected chi connectivity index (χ0v) is 13.2. The lowest BCUT2D eigenvalue weighted by atomic mass is 9.92. The summed E-state index contributed by atoms with van der Waals surface area (Å²) in [5.41, 5.74) is 0.718. The van der Waals surface area contributed by atoms with Gasteiger partial charge < -0.3 is 19.9 Å². The van der Waals surface area contributed by atoms with Crippen molar-refractivity contribution in [1.29, 1.82) is 0 Å². The molecular formula is C17H23N3O3. The molecule has 1 saturated carbocycles. The molecule has 1 aromatic heterocycles. The van der Waals surface area contributed by atoms with Crippen molar-refractivity contribution in [2.75, 3.05) is 6.61 Å². The minimum absolute atomic E-state index is 0.0137. The van der Waals surface area contributed by atoms with Gasteiger partial charge in [0.05, 0.1) is 18.2 Å². The van der Waals surface area contributed by atoms with E-state index in [2.05, 4.69) is 15.2 Å². The molecule has 1 aliphatic carbocycles. The monoisotopic (exact) mass is 317 g/mol. The molecule has 4 rings (SSSR count). The maximum absolute atomic E-state index is 12.7. The number of nitrogens with one attached hydrogen (secondary N) is 2. The minimum Gasteiger partial charge on any atom is -0.376 e. The predicted octanol–water partition coefficient (Wildman–Crippen LogP) is 1.38. The molecule has 6 nitrogen and oxygen atoms in total. The Kier molecular flexibility index (Phi) is 3.85. The van der Waals surface area contributed by atoms with Gasteiger partial charge in [0.15, 0.2) is 0 Å². The molecule has 1 unspecified atom stereocenters. The molecule has 2 amide bonds. The van der Waals surface area contributed by atoms with Gasteiger partial charge in [0.1, 0.15) is 5.69 Å². The average Bonchev–Trinajstić information content (AvgIpc) is 3.04. The summed E-state index contributed by atoms with van der Waals surface area (Å²) in [6, 6.07) is 4.09. The van der Waals surface area contributed by atoms with Gasteiger partial charge in [-0.3, -0.25) is 9.59 Å². The summed E-state index contributed by atoms with van der Waals surface area (Å²) < 4.78 is 7.81. The highest BCUT2D eigenvalue weighted by Crippen LogP contribution is 2.36. The van der Waals surface area contributed by atoms with E-state index < -0.39 is 0 Å². The number of carbonyl (C=O) groups excluding carboxylic acids is 2. The van der Waals surface area contributed by atoms with Crippen LogP contribution < -0.4 is 10.6 Å². The van der Waals surface area contributed by atoms with E-state index in [1.165, 1.54) is 0 Å². The van der Waals surface area contributed by atoms with Crippen LogP contribution in [0.3, 0.4) is 0 Å². The van der Waals surface area contributed by atoms with Crippen LogP contribution >= 0.6 is 0 Å². The molecule has 1 aromatic rings. The van der Waals surface area contributed by atoms with Gasteiger partial charge in [-0.1, -0.05) is 0 Å². The second kappa shape index (κ2) is 6.00. The first-order valence-electron chi connectivity index (χ1n) is 8.61. The van der Waals surface area contributed by atoms with Gasteiger partial charge in [-0.05, 0) is 44.2 Å². The number of hydrogen-bond donors (Lipinski definition) is 2. The van der Waals surface area contributed by atoms with Crippen LogP contribution in [0.5, 0.6) is 0 Å². The first-order chi connectivity index (χ1) is 11.2. The van der Waals surface area contributed by atoms with Crippen LogP contribution in [-0.4, -0.2) is 41.2 Å². The molecule has 0 radical (unpaired) electrons. The number of aromatic nitrogens is 1. The van der Waals surface area contributed by atoms with Crippen LogP contribution in [0.25, 0.3) is 0 Å². The highest BCUT2D eigenvalue weighted by atomic mass is 16.5. The molecule has 3 aliphatic rings. The number of rotatable bonds is 4. The summed E-state index contributed by atoms with van der Waals surface area (Å²) in [4.78, 5) is 24.4. The normalized spacial score (nSPS) is 31.0. The number of amides is 2. The standard InChI is InChI=1S/C17H23N3O3/c21-15-8-7-12(16(19-15)14-4-2-10-23-14)18-17(22)13-3-1-9-20(13)11-5-6-11/h1,3,9,11-12,14,16H,2,4-8,10H2,(H,18,22)(H,19,21)/t12-,14?,16-/m0/s1. The summed E-state index contributed by atoms with van der Waals surface area (Å²) >= 11 is 0. The van der Waals surface area contributed by atoms with E-state index in [4.69, 9.17) is 4.74 Å². The smallest absolute Gasteiger partial charge is 0.268 e. The summed E-state index contributed by atoms with van der Waals surface area (Å²) in [5.74, 6) is 0.00315. The third-order valence-corrected chi connectivity index (χ3v) is 5.08. The lowest BCUT2D eigenvalue weighted by molar-refractivity contribution is -0.125. The Labute approximate surface area is 135 Å². The SMILES string of the molecule is O=C1CC[C@H](NC(=O)c2cccn2C2CC2)[C@@H](C2CCCO2)N1. The zero-order chi connectivity index (χ0) is 15.8. The number of hydrogen-bond acceptors (Lipinski definition) is 3. The average molecular weight is 317 g/mol. The zero-order valence-electron chi connectivity index (χ0n) is 13.2. The second-order valence-corrected chi connectivity index (χ2v) is 6.80. The molecule has 3 heterocycles. The van der Waals surface area contributed by atoms with Gasteiger partial charge in [0.2, 0.25) is 5.91 Å². The van der Waals surface area contributed by atoms with Crippen molar-refractivity contribution in [3.63, 3.8) is 0 Å². The summed E-state index contributed by atoms with van der Waals surface area (Å²) in [5, 5.41) is 6.16. The first-order valence-corrected chi connectivity index (χ1v) is 8.61. The molecule has 2 saturated heterocycles. The van der Waals surface area contributed by atoms with Crippen LogP contribution in [0.4, 0.5) is 0 Å². The van der Waals surface area contributed by atoms with E-state index in [1.54, 1.807) is 0 Å². The third-order valence-electron chi connectivity index (χ3n) is 5.08. The Hall–Kier alpha value is -1.82. The van der Waals surface area contributed by atoms with Crippen molar-refractivity contribution in [1.82, 2.24) is 15.2 Å². The minimum atomic E-state index is -0.118. The van der Waals surface area contributed by atoms with Crippen LogP contribution in [-0.2, 0) is 9.53 Å². The number of ether oxygens (including phenoxy) is 1. The van der Waals surface area contributed by atoms with Crippen molar-refractivity contribution >= 4 is 11.8 Å². The van der Waals surface area contributed by atoms with Gasteiger partial charge in [-0.25, -0.2) is 0 Å². The Balaban J connectivity index is 1.47. The van der Waals surface area contributed by atoms with E-state index in [-0.39, 0.29) is 30.0 Å². The van der Waals surface area contributed by atoms with E-state index in [1.807, 2.05) is 18.3 Å². The Morgan fingerprint density at radius 3 is 2.91 bits per heavy atom. The topological polar surface area (TPSA) is 72.4 Å². The van der Waals surface area contributed by atoms with Crippen LogP contribution in [0.2, 0.25) is 0 Å². The van der Waals surface area contributed by atoms with Crippen LogP contribution in [0.15, 0.2) is 18.3 Å². The van der Waals surface area contributed by atoms with Gasteiger partial charge in [-0.2, -0.15) is 0 Å². The summed E-state index contributed by atoms with van der Waals surface area (Å²) in [6.45, 7) is 0.738. The lowest BCUT2D eigenvalue weighted by Gasteiger charge is -2.36. The van der Waals surface area contributed by atoms with Crippen LogP contribution in [0.1, 0.15) is 55.1 Å². The molecule has 124 valence electrons. The van der Waals surface area contributed by atoms with E-state index >= 15 is 0 Å². The third kappa shape index (κ3) is 3.00. The Morgan fingerprint density at radius 2 is 2.17 bits per heavy atom. The molecule has 23 heavy (non-hydrogen) atoms. The van der Waals surface area contributed by atoms with E-state index in [9.17, 15) is 9.59 Å². The quantitative estimate of drug-likeness (QED) is 0.881. The molecule has 3 atom stereocenters. The molecular weight excluding hydrogens is 294 g/mol. The number of carbonyl (C=O) groups is 2. The fourth-order valence-corrected chi connectivity index (χ4v) is 3.72. The van der Waals surface area contributed by atoms with Crippen molar-refractivity contribution in [3.05, 3.63) is 24.0 Å². The highest BCUT2D eigenvalue weighted by Gasteiger charge is 2.38. The molecule has 0 spiro atoms. The lowest BCUT2D eigenvalue weighted by Crippen LogP contribution is -2.60. The molecule has 2 aliphatic heterocycles. The van der Waals surface area contributed by atoms with Crippen molar-refractivity contribution in [2.45, 2.75) is 62.8 Å².